The van der Waals surface area contributed by atoms with Crippen LogP contribution in [0.3, 0.4) is 0 Å². The van der Waals surface area contributed by atoms with Gasteiger partial charge in [0, 0.05) is 10.6 Å². The van der Waals surface area contributed by atoms with Gasteiger partial charge in [0.2, 0.25) is 0 Å². The molecular weight excluding hydrogens is 260 g/mol. The van der Waals surface area contributed by atoms with Gasteiger partial charge in [-0.1, -0.05) is 12.1 Å². The van der Waals surface area contributed by atoms with Crippen LogP contribution < -0.4 is 0 Å². The molecule has 1 N–H and O–H groups in total. The maximum Gasteiger partial charge on any atom is 0.337 e. The number of phenolic OH excluding ortho intramolecular Hbond substituents is 1. The zero-order valence-corrected chi connectivity index (χ0v) is 11.3. The number of hydrogen-bond acceptors (Lipinski definition) is 4. The highest BCUT2D eigenvalue weighted by atomic mass is 32.2. The molecule has 0 aliphatic rings. The number of phenols is 1. The lowest BCUT2D eigenvalue weighted by molar-refractivity contribution is 0.0600. The lowest BCUT2D eigenvalue weighted by Gasteiger charge is -2.04. The molecule has 98 valence electrons. The van der Waals surface area contributed by atoms with Gasteiger partial charge in [-0.05, 0) is 42.0 Å². The Balaban J connectivity index is 1.96. The number of carbonyl (C=O) groups excluding carboxylic acids is 1. The highest BCUT2D eigenvalue weighted by Gasteiger charge is 2.04. The van der Waals surface area contributed by atoms with E-state index >= 15 is 0 Å². The zero-order valence-electron chi connectivity index (χ0n) is 10.5. The smallest absolute Gasteiger partial charge is 0.337 e. The maximum absolute atomic E-state index is 11.3. The fourth-order valence-corrected chi connectivity index (χ4v) is 2.42. The Morgan fingerprint density at radius 1 is 1.11 bits per heavy atom. The molecule has 2 aromatic carbocycles. The molecule has 0 amide bonds. The molecule has 0 saturated carbocycles. The third-order valence-corrected chi connectivity index (χ3v) is 3.70. The summed E-state index contributed by atoms with van der Waals surface area (Å²) < 4.78 is 4.65. The normalized spacial score (nSPS) is 10.2. The first kappa shape index (κ1) is 13.5. The Labute approximate surface area is 116 Å². The van der Waals surface area contributed by atoms with Crippen molar-refractivity contribution >= 4 is 17.7 Å². The topological polar surface area (TPSA) is 46.5 Å². The number of carbonyl (C=O) groups is 1. The Morgan fingerprint density at radius 2 is 1.74 bits per heavy atom. The molecule has 3 nitrogen and oxygen atoms in total. The third-order valence-electron chi connectivity index (χ3n) is 2.62. The molecule has 0 fully saturated rings. The molecule has 2 aromatic rings. The van der Waals surface area contributed by atoms with Crippen LogP contribution in [0.2, 0.25) is 0 Å². The highest BCUT2D eigenvalue weighted by molar-refractivity contribution is 7.98. The number of rotatable bonds is 4. The fourth-order valence-electron chi connectivity index (χ4n) is 1.56. The van der Waals surface area contributed by atoms with Crippen molar-refractivity contribution in [2.24, 2.45) is 0 Å². The van der Waals surface area contributed by atoms with Crippen LogP contribution in [0.15, 0.2) is 53.4 Å². The minimum atomic E-state index is -0.322. The van der Waals surface area contributed by atoms with Gasteiger partial charge >= 0.3 is 5.97 Å². The summed E-state index contributed by atoms with van der Waals surface area (Å²) in [5, 5.41) is 9.19. The molecule has 0 aliphatic carbocycles. The average Bonchev–Trinajstić information content (AvgIpc) is 2.46. The first-order valence-corrected chi connectivity index (χ1v) is 6.76. The monoisotopic (exact) mass is 274 g/mol. The van der Waals surface area contributed by atoms with Gasteiger partial charge in [-0.25, -0.2) is 4.79 Å². The van der Waals surface area contributed by atoms with Crippen molar-refractivity contribution in [1.82, 2.24) is 0 Å². The number of esters is 1. The van der Waals surface area contributed by atoms with E-state index in [9.17, 15) is 9.90 Å². The lowest BCUT2D eigenvalue weighted by Crippen LogP contribution is -2.00. The molecular formula is C15H14O3S. The summed E-state index contributed by atoms with van der Waals surface area (Å²) in [4.78, 5) is 12.4. The van der Waals surface area contributed by atoms with E-state index in [1.54, 1.807) is 36.0 Å². The molecule has 0 aliphatic heterocycles. The van der Waals surface area contributed by atoms with E-state index < -0.39 is 0 Å². The molecule has 2 rings (SSSR count). The molecule has 0 aromatic heterocycles. The van der Waals surface area contributed by atoms with Crippen LogP contribution in [0, 0.1) is 0 Å². The van der Waals surface area contributed by atoms with Gasteiger partial charge in [0.25, 0.3) is 0 Å². The van der Waals surface area contributed by atoms with Crippen LogP contribution in [0.1, 0.15) is 15.9 Å². The number of benzene rings is 2. The van der Waals surface area contributed by atoms with Crippen molar-refractivity contribution < 1.29 is 14.6 Å². The second-order valence-electron chi connectivity index (χ2n) is 3.97. The van der Waals surface area contributed by atoms with Crippen LogP contribution in [0.4, 0.5) is 0 Å². The number of aromatic hydroxyl groups is 1. The van der Waals surface area contributed by atoms with Gasteiger partial charge in [-0.3, -0.25) is 0 Å². The fraction of sp³-hybridized carbons (Fsp3) is 0.133. The zero-order chi connectivity index (χ0) is 13.7. The average molecular weight is 274 g/mol. The van der Waals surface area contributed by atoms with E-state index in [1.165, 1.54) is 7.11 Å². The van der Waals surface area contributed by atoms with Gasteiger partial charge in [-0.15, -0.1) is 11.8 Å². The summed E-state index contributed by atoms with van der Waals surface area (Å²) in [6.45, 7) is 0. The summed E-state index contributed by atoms with van der Waals surface area (Å²) >= 11 is 1.67. The van der Waals surface area contributed by atoms with Crippen molar-refractivity contribution in [1.29, 1.82) is 0 Å². The number of hydrogen-bond donors (Lipinski definition) is 1. The van der Waals surface area contributed by atoms with Crippen molar-refractivity contribution in [3.8, 4) is 5.75 Å². The van der Waals surface area contributed by atoms with Gasteiger partial charge < -0.3 is 9.84 Å². The predicted octanol–water partition coefficient (Wildman–Crippen LogP) is 3.47. The van der Waals surface area contributed by atoms with Crippen LogP contribution in [-0.4, -0.2) is 18.2 Å². The second-order valence-corrected chi connectivity index (χ2v) is 5.02. The SMILES string of the molecule is COC(=O)c1ccc(CSc2ccc(O)cc2)cc1. The Hall–Kier alpha value is -1.94. The van der Waals surface area contributed by atoms with Crippen molar-refractivity contribution in [2.75, 3.05) is 7.11 Å². The van der Waals surface area contributed by atoms with Crippen molar-refractivity contribution in [3.63, 3.8) is 0 Å². The maximum atomic E-state index is 11.3. The quantitative estimate of drug-likeness (QED) is 0.685. The van der Waals surface area contributed by atoms with Gasteiger partial charge in [0.1, 0.15) is 5.75 Å². The standard InChI is InChI=1S/C15H14O3S/c1-18-15(17)12-4-2-11(3-5-12)10-19-14-8-6-13(16)7-9-14/h2-9,16H,10H2,1H3. The summed E-state index contributed by atoms with van der Waals surface area (Å²) in [6, 6.07) is 14.5. The van der Waals surface area contributed by atoms with Crippen molar-refractivity contribution in [2.45, 2.75) is 10.6 Å². The second kappa shape index (κ2) is 6.29. The molecule has 0 atom stereocenters. The summed E-state index contributed by atoms with van der Waals surface area (Å²) in [6.07, 6.45) is 0. The lowest BCUT2D eigenvalue weighted by atomic mass is 10.1. The Morgan fingerprint density at radius 3 is 2.32 bits per heavy atom. The third kappa shape index (κ3) is 3.76. The van der Waals surface area contributed by atoms with Crippen LogP contribution in [-0.2, 0) is 10.5 Å². The molecule has 0 spiro atoms. The first-order chi connectivity index (χ1) is 9.19. The molecule has 0 unspecified atom stereocenters. The van der Waals surface area contributed by atoms with E-state index in [0.717, 1.165) is 16.2 Å². The number of ether oxygens (including phenoxy) is 1. The van der Waals surface area contributed by atoms with Gasteiger partial charge in [0.15, 0.2) is 0 Å². The van der Waals surface area contributed by atoms with Crippen LogP contribution in [0.25, 0.3) is 0 Å². The van der Waals surface area contributed by atoms with E-state index in [4.69, 9.17) is 0 Å². The molecule has 0 heterocycles. The number of thioether (sulfide) groups is 1. The van der Waals surface area contributed by atoms with Crippen LogP contribution >= 0.6 is 11.8 Å². The van der Waals surface area contributed by atoms with Crippen LogP contribution in [0.5, 0.6) is 5.75 Å². The molecule has 19 heavy (non-hydrogen) atoms. The highest BCUT2D eigenvalue weighted by Crippen LogP contribution is 2.24. The van der Waals surface area contributed by atoms with E-state index in [-0.39, 0.29) is 11.7 Å². The Kier molecular flexibility index (Phi) is 4.47. The van der Waals surface area contributed by atoms with E-state index in [2.05, 4.69) is 4.74 Å². The summed E-state index contributed by atoms with van der Waals surface area (Å²) in [7, 11) is 1.37. The largest absolute Gasteiger partial charge is 0.508 e. The summed E-state index contributed by atoms with van der Waals surface area (Å²) in [5.41, 5.74) is 1.69. The van der Waals surface area contributed by atoms with E-state index in [0.29, 0.717) is 5.56 Å². The Bertz CT molecular complexity index is 547. The molecule has 0 bridgehead atoms. The van der Waals surface area contributed by atoms with Crippen molar-refractivity contribution in [3.05, 3.63) is 59.7 Å². The first-order valence-electron chi connectivity index (χ1n) is 5.78. The van der Waals surface area contributed by atoms with E-state index in [1.807, 2.05) is 24.3 Å². The molecule has 0 radical (unpaired) electrons. The minimum absolute atomic E-state index is 0.270. The number of methoxy groups -OCH3 is 1. The molecule has 0 saturated heterocycles. The predicted molar refractivity (Wildman–Crippen MR) is 75.4 cm³/mol. The van der Waals surface area contributed by atoms with Gasteiger partial charge in [0.05, 0.1) is 12.7 Å². The summed E-state index contributed by atoms with van der Waals surface area (Å²) in [5.74, 6) is 0.760. The van der Waals surface area contributed by atoms with Gasteiger partial charge in [-0.2, -0.15) is 0 Å². The molecule has 4 heteroatoms. The minimum Gasteiger partial charge on any atom is -0.508 e.